The van der Waals surface area contributed by atoms with E-state index in [4.69, 9.17) is 21.4 Å². The lowest BCUT2D eigenvalue weighted by atomic mass is 10.1. The summed E-state index contributed by atoms with van der Waals surface area (Å²) in [5.41, 5.74) is 4.25. The molecule has 6 nitrogen and oxygen atoms in total. The van der Waals surface area contributed by atoms with E-state index in [-0.39, 0.29) is 11.7 Å². The number of nitrogens with zero attached hydrogens (tertiary/aromatic N) is 3. The van der Waals surface area contributed by atoms with Gasteiger partial charge in [0.2, 0.25) is 5.91 Å². The van der Waals surface area contributed by atoms with Crippen LogP contribution in [0.3, 0.4) is 0 Å². The van der Waals surface area contributed by atoms with Gasteiger partial charge in [-0.05, 0) is 49.2 Å². The number of para-hydroxylation sites is 1. The molecule has 0 unspecified atom stereocenters. The van der Waals surface area contributed by atoms with Gasteiger partial charge in [0, 0.05) is 28.7 Å². The standard InChI is InChI=1S/C25H25ClN4O2S/c1-3-4-13-32-23-8-6-5-7-19(23)21-15-22-25(27-11-12-30(22)29-21)33-16-24(31)28-20-14-18(26)10-9-17(20)2/h5-12,14-15H,3-4,13,16H2,1-2H3,(H,28,31). The summed E-state index contributed by atoms with van der Waals surface area (Å²) in [4.78, 5) is 17.0. The number of carbonyl (C=O) groups excluding carboxylic acids is 1. The van der Waals surface area contributed by atoms with Crippen LogP contribution in [0.25, 0.3) is 16.8 Å². The first kappa shape index (κ1) is 23.1. The summed E-state index contributed by atoms with van der Waals surface area (Å²) >= 11 is 7.42. The maximum absolute atomic E-state index is 12.5. The number of ether oxygens (including phenoxy) is 1. The minimum Gasteiger partial charge on any atom is -0.493 e. The molecule has 2 aromatic heterocycles. The molecule has 0 bridgehead atoms. The lowest BCUT2D eigenvalue weighted by Gasteiger charge is -2.09. The summed E-state index contributed by atoms with van der Waals surface area (Å²) in [6.45, 7) is 4.74. The smallest absolute Gasteiger partial charge is 0.234 e. The summed E-state index contributed by atoms with van der Waals surface area (Å²) < 4.78 is 7.76. The fraction of sp³-hybridized carbons (Fsp3) is 0.240. The Morgan fingerprint density at radius 1 is 1.21 bits per heavy atom. The van der Waals surface area contributed by atoms with Crippen molar-refractivity contribution in [2.45, 2.75) is 31.7 Å². The number of anilines is 1. The average molecular weight is 481 g/mol. The van der Waals surface area contributed by atoms with Gasteiger partial charge in [0.05, 0.1) is 23.6 Å². The number of halogens is 1. The molecule has 33 heavy (non-hydrogen) atoms. The van der Waals surface area contributed by atoms with Gasteiger partial charge in [-0.3, -0.25) is 4.79 Å². The molecule has 4 aromatic rings. The van der Waals surface area contributed by atoms with E-state index in [0.717, 1.165) is 46.0 Å². The first-order valence-electron chi connectivity index (χ1n) is 10.8. The number of carbonyl (C=O) groups is 1. The highest BCUT2D eigenvalue weighted by Crippen LogP contribution is 2.32. The third-order valence-electron chi connectivity index (χ3n) is 5.09. The van der Waals surface area contributed by atoms with E-state index in [1.807, 2.05) is 43.3 Å². The molecule has 2 heterocycles. The number of unbranched alkanes of at least 4 members (excludes halogenated alkanes) is 1. The number of thioether (sulfide) groups is 1. The van der Waals surface area contributed by atoms with Gasteiger partial charge in [-0.2, -0.15) is 5.10 Å². The summed E-state index contributed by atoms with van der Waals surface area (Å²) in [5, 5.41) is 8.96. The normalized spacial score (nSPS) is 11.0. The second-order valence-corrected chi connectivity index (χ2v) is 8.99. The van der Waals surface area contributed by atoms with Gasteiger partial charge in [-0.1, -0.05) is 54.9 Å². The predicted molar refractivity (Wildman–Crippen MR) is 134 cm³/mol. The van der Waals surface area contributed by atoms with Crippen molar-refractivity contribution in [2.75, 3.05) is 17.7 Å². The first-order chi connectivity index (χ1) is 16.0. The maximum atomic E-state index is 12.5. The van der Waals surface area contributed by atoms with Crippen molar-refractivity contribution in [3.8, 4) is 17.0 Å². The molecule has 0 aliphatic carbocycles. The van der Waals surface area contributed by atoms with Gasteiger partial charge in [0.25, 0.3) is 0 Å². The summed E-state index contributed by atoms with van der Waals surface area (Å²) in [7, 11) is 0. The highest BCUT2D eigenvalue weighted by atomic mass is 35.5. The van der Waals surface area contributed by atoms with Crippen molar-refractivity contribution in [2.24, 2.45) is 0 Å². The largest absolute Gasteiger partial charge is 0.493 e. The van der Waals surface area contributed by atoms with Gasteiger partial charge in [-0.15, -0.1) is 0 Å². The lowest BCUT2D eigenvalue weighted by Crippen LogP contribution is -2.15. The molecule has 4 rings (SSSR count). The number of rotatable bonds is 9. The van der Waals surface area contributed by atoms with E-state index in [1.165, 1.54) is 11.8 Å². The first-order valence-corrected chi connectivity index (χ1v) is 12.2. The molecule has 1 N–H and O–H groups in total. The molecule has 0 aliphatic rings. The topological polar surface area (TPSA) is 68.5 Å². The molecule has 0 atom stereocenters. The number of aromatic nitrogens is 3. The number of aryl methyl sites for hydroxylation is 1. The zero-order valence-corrected chi connectivity index (χ0v) is 20.1. The third kappa shape index (κ3) is 5.67. The number of benzene rings is 2. The summed E-state index contributed by atoms with van der Waals surface area (Å²) in [6, 6.07) is 15.3. The van der Waals surface area contributed by atoms with Crippen molar-refractivity contribution in [1.29, 1.82) is 0 Å². The van der Waals surface area contributed by atoms with Crippen molar-refractivity contribution in [3.63, 3.8) is 0 Å². The van der Waals surface area contributed by atoms with Crippen LogP contribution < -0.4 is 10.1 Å². The van der Waals surface area contributed by atoms with Gasteiger partial charge >= 0.3 is 0 Å². The molecule has 0 spiro atoms. The Hall–Kier alpha value is -3.03. The average Bonchev–Trinajstić information content (AvgIpc) is 3.25. The predicted octanol–water partition coefficient (Wildman–Crippen LogP) is 6.27. The van der Waals surface area contributed by atoms with Crippen molar-refractivity contribution >= 4 is 40.5 Å². The summed E-state index contributed by atoms with van der Waals surface area (Å²) in [5.74, 6) is 0.909. The van der Waals surface area contributed by atoms with Crippen LogP contribution >= 0.6 is 23.4 Å². The molecule has 1 amide bonds. The second kappa shape index (κ2) is 10.7. The Morgan fingerprint density at radius 3 is 2.91 bits per heavy atom. The fourth-order valence-corrected chi connectivity index (χ4v) is 4.27. The molecule has 0 saturated heterocycles. The molecule has 0 aliphatic heterocycles. The van der Waals surface area contributed by atoms with E-state index in [0.29, 0.717) is 17.3 Å². The Balaban J connectivity index is 1.51. The van der Waals surface area contributed by atoms with E-state index in [1.54, 1.807) is 29.0 Å². The second-order valence-electron chi connectivity index (χ2n) is 7.59. The van der Waals surface area contributed by atoms with E-state index in [9.17, 15) is 4.79 Å². The van der Waals surface area contributed by atoms with Crippen LogP contribution in [0, 0.1) is 6.92 Å². The molecule has 0 radical (unpaired) electrons. The van der Waals surface area contributed by atoms with Crippen LogP contribution in [0.2, 0.25) is 5.02 Å². The van der Waals surface area contributed by atoms with E-state index in [2.05, 4.69) is 17.2 Å². The monoisotopic (exact) mass is 480 g/mol. The Morgan fingerprint density at radius 2 is 2.06 bits per heavy atom. The van der Waals surface area contributed by atoms with Crippen molar-refractivity contribution in [1.82, 2.24) is 14.6 Å². The number of hydrogen-bond donors (Lipinski definition) is 1. The Kier molecular flexibility index (Phi) is 7.52. The third-order valence-corrected chi connectivity index (χ3v) is 6.32. The highest BCUT2D eigenvalue weighted by Gasteiger charge is 2.14. The highest BCUT2D eigenvalue weighted by molar-refractivity contribution is 8.00. The minimum absolute atomic E-state index is 0.122. The number of amides is 1. The Labute approximate surface area is 202 Å². The van der Waals surface area contributed by atoms with Crippen LogP contribution in [-0.2, 0) is 4.79 Å². The molecule has 170 valence electrons. The van der Waals surface area contributed by atoms with Gasteiger partial charge in [0.1, 0.15) is 10.8 Å². The van der Waals surface area contributed by atoms with Crippen LogP contribution in [0.4, 0.5) is 5.69 Å². The number of fused-ring (bicyclic) bond motifs is 1. The van der Waals surface area contributed by atoms with Gasteiger partial charge < -0.3 is 10.1 Å². The Bertz CT molecular complexity index is 1270. The van der Waals surface area contributed by atoms with Gasteiger partial charge in [0.15, 0.2) is 0 Å². The van der Waals surface area contributed by atoms with Crippen LogP contribution in [0.15, 0.2) is 66.0 Å². The van der Waals surface area contributed by atoms with Crippen molar-refractivity contribution in [3.05, 3.63) is 71.5 Å². The van der Waals surface area contributed by atoms with E-state index < -0.39 is 0 Å². The van der Waals surface area contributed by atoms with Gasteiger partial charge in [-0.25, -0.2) is 9.50 Å². The number of nitrogens with one attached hydrogen (secondary N) is 1. The quantitative estimate of drug-likeness (QED) is 0.226. The molecule has 0 saturated carbocycles. The SMILES string of the molecule is CCCCOc1ccccc1-c1cc2c(SCC(=O)Nc3cc(Cl)ccc3C)nccn2n1. The van der Waals surface area contributed by atoms with Crippen LogP contribution in [0.5, 0.6) is 5.75 Å². The molecular weight excluding hydrogens is 456 g/mol. The van der Waals surface area contributed by atoms with Crippen LogP contribution in [-0.4, -0.2) is 32.9 Å². The molecule has 0 fully saturated rings. The molecule has 8 heteroatoms. The summed E-state index contributed by atoms with van der Waals surface area (Å²) in [6.07, 6.45) is 5.57. The lowest BCUT2D eigenvalue weighted by molar-refractivity contribution is -0.113. The zero-order chi connectivity index (χ0) is 23.2. The van der Waals surface area contributed by atoms with Crippen LogP contribution in [0.1, 0.15) is 25.3 Å². The van der Waals surface area contributed by atoms with E-state index >= 15 is 0 Å². The molecular formula is C25H25ClN4O2S. The zero-order valence-electron chi connectivity index (χ0n) is 18.5. The minimum atomic E-state index is -0.122. The molecule has 2 aromatic carbocycles. The van der Waals surface area contributed by atoms with Crippen molar-refractivity contribution < 1.29 is 9.53 Å². The number of hydrogen-bond acceptors (Lipinski definition) is 5. The fourth-order valence-electron chi connectivity index (χ4n) is 3.32. The maximum Gasteiger partial charge on any atom is 0.234 e.